The van der Waals surface area contributed by atoms with Crippen molar-refractivity contribution in [2.45, 2.75) is 38.8 Å². The van der Waals surface area contributed by atoms with E-state index in [9.17, 15) is 4.79 Å². The number of likely N-dealkylation sites (tertiary alicyclic amines) is 2. The molecule has 2 aliphatic rings. The van der Waals surface area contributed by atoms with E-state index in [2.05, 4.69) is 11.9 Å². The number of likely N-dealkylation sites (N-methyl/N-ethyl adjacent to an activating group) is 1. The summed E-state index contributed by atoms with van der Waals surface area (Å²) in [5, 5.41) is 0. The number of rotatable bonds is 0. The average molecular weight is 226 g/mol. The molecule has 0 radical (unpaired) electrons. The third-order valence-electron chi connectivity index (χ3n) is 3.36. The molecule has 0 saturated carbocycles. The maximum Gasteiger partial charge on any atom is 0.410 e. The summed E-state index contributed by atoms with van der Waals surface area (Å²) in [7, 11) is 2.12. The summed E-state index contributed by atoms with van der Waals surface area (Å²) in [5.41, 5.74) is -0.389. The fourth-order valence-electron chi connectivity index (χ4n) is 2.72. The van der Waals surface area contributed by atoms with Gasteiger partial charge in [-0.2, -0.15) is 0 Å². The van der Waals surface area contributed by atoms with Gasteiger partial charge in [0.25, 0.3) is 0 Å². The van der Waals surface area contributed by atoms with Crippen molar-refractivity contribution in [3.8, 4) is 0 Å². The van der Waals surface area contributed by atoms with Crippen LogP contribution in [0.2, 0.25) is 0 Å². The summed E-state index contributed by atoms with van der Waals surface area (Å²) in [4.78, 5) is 16.2. The van der Waals surface area contributed by atoms with Crippen LogP contribution in [0.15, 0.2) is 0 Å². The molecule has 0 aliphatic carbocycles. The van der Waals surface area contributed by atoms with Crippen LogP contribution < -0.4 is 0 Å². The minimum atomic E-state index is -0.389. The topological polar surface area (TPSA) is 32.8 Å². The summed E-state index contributed by atoms with van der Waals surface area (Å²) >= 11 is 0. The highest BCUT2D eigenvalue weighted by Crippen LogP contribution is 2.31. The van der Waals surface area contributed by atoms with Crippen LogP contribution >= 0.6 is 0 Å². The first-order valence-electron chi connectivity index (χ1n) is 6.05. The quantitative estimate of drug-likeness (QED) is 0.628. The minimum absolute atomic E-state index is 0.143. The lowest BCUT2D eigenvalue weighted by Crippen LogP contribution is -2.42. The molecule has 4 heteroatoms. The minimum Gasteiger partial charge on any atom is -0.444 e. The molecule has 0 aromatic heterocycles. The van der Waals surface area contributed by atoms with Gasteiger partial charge in [-0.25, -0.2) is 4.79 Å². The normalized spacial score (nSPS) is 30.6. The van der Waals surface area contributed by atoms with Crippen molar-refractivity contribution in [3.05, 3.63) is 0 Å². The Hall–Kier alpha value is -0.770. The Morgan fingerprint density at radius 1 is 1.31 bits per heavy atom. The van der Waals surface area contributed by atoms with E-state index in [-0.39, 0.29) is 11.7 Å². The molecule has 4 nitrogen and oxygen atoms in total. The van der Waals surface area contributed by atoms with Gasteiger partial charge in [0.2, 0.25) is 0 Å². The van der Waals surface area contributed by atoms with E-state index in [1.807, 2.05) is 25.7 Å². The van der Waals surface area contributed by atoms with Gasteiger partial charge in [-0.05, 0) is 40.2 Å². The zero-order valence-electron chi connectivity index (χ0n) is 10.7. The average Bonchev–Trinajstić information content (AvgIpc) is 2.58. The molecule has 0 aromatic rings. The maximum absolute atomic E-state index is 12.0. The monoisotopic (exact) mass is 226 g/mol. The second-order valence-corrected chi connectivity index (χ2v) is 6.01. The Labute approximate surface area is 97.5 Å². The lowest BCUT2D eigenvalue weighted by molar-refractivity contribution is 0.0220. The van der Waals surface area contributed by atoms with E-state index in [0.29, 0.717) is 12.0 Å². The first kappa shape index (κ1) is 11.7. The molecule has 2 aliphatic heterocycles. The zero-order chi connectivity index (χ0) is 11.9. The highest BCUT2D eigenvalue weighted by atomic mass is 16.6. The predicted molar refractivity (Wildman–Crippen MR) is 62.3 cm³/mol. The van der Waals surface area contributed by atoms with Crippen molar-refractivity contribution in [3.63, 3.8) is 0 Å². The molecule has 92 valence electrons. The van der Waals surface area contributed by atoms with Crippen LogP contribution in [0.25, 0.3) is 0 Å². The van der Waals surface area contributed by atoms with Crippen molar-refractivity contribution < 1.29 is 9.53 Å². The summed E-state index contributed by atoms with van der Waals surface area (Å²) in [6, 6.07) is 0.375. The Balaban J connectivity index is 1.98. The number of fused-ring (bicyclic) bond motifs is 1. The first-order valence-corrected chi connectivity index (χ1v) is 6.05. The Morgan fingerprint density at radius 2 is 2.00 bits per heavy atom. The molecule has 0 bridgehead atoms. The van der Waals surface area contributed by atoms with E-state index >= 15 is 0 Å². The molecule has 2 rings (SSSR count). The molecule has 2 saturated heterocycles. The van der Waals surface area contributed by atoms with E-state index in [0.717, 1.165) is 26.1 Å². The number of carbonyl (C=O) groups excluding carboxylic acids is 1. The van der Waals surface area contributed by atoms with Crippen molar-refractivity contribution >= 4 is 6.09 Å². The molecule has 2 heterocycles. The standard InChI is InChI=1S/C12H22N2O2/c1-12(2,3)16-11(15)14-6-5-9-7-13(4)8-10(9)14/h9-10H,5-8H2,1-4H3/t9?,10-/m0/s1. The number of carbonyl (C=O) groups is 1. The highest BCUT2D eigenvalue weighted by Gasteiger charge is 2.43. The van der Waals surface area contributed by atoms with Gasteiger partial charge in [0.15, 0.2) is 0 Å². The van der Waals surface area contributed by atoms with Gasteiger partial charge in [-0.15, -0.1) is 0 Å². The summed E-state index contributed by atoms with van der Waals surface area (Å²) in [5.74, 6) is 0.650. The van der Waals surface area contributed by atoms with Gasteiger partial charge in [0.1, 0.15) is 5.60 Å². The van der Waals surface area contributed by atoms with Crippen LogP contribution in [-0.4, -0.2) is 54.2 Å². The number of hydrogen-bond acceptors (Lipinski definition) is 3. The molecule has 0 N–H and O–H groups in total. The van der Waals surface area contributed by atoms with Crippen LogP contribution in [0.4, 0.5) is 4.79 Å². The van der Waals surface area contributed by atoms with Crippen molar-refractivity contribution in [2.24, 2.45) is 5.92 Å². The van der Waals surface area contributed by atoms with Gasteiger partial charge < -0.3 is 14.5 Å². The first-order chi connectivity index (χ1) is 7.37. The molecular formula is C12H22N2O2. The third kappa shape index (κ3) is 2.32. The van der Waals surface area contributed by atoms with Crippen LogP contribution in [0.3, 0.4) is 0 Å². The van der Waals surface area contributed by atoms with Crippen molar-refractivity contribution in [1.82, 2.24) is 9.80 Å². The molecule has 16 heavy (non-hydrogen) atoms. The Kier molecular flexibility index (Phi) is 2.86. The smallest absolute Gasteiger partial charge is 0.410 e. The van der Waals surface area contributed by atoms with Crippen LogP contribution in [0.1, 0.15) is 27.2 Å². The lowest BCUT2D eigenvalue weighted by Gasteiger charge is -2.28. The third-order valence-corrected chi connectivity index (χ3v) is 3.36. The van der Waals surface area contributed by atoms with Crippen LogP contribution in [-0.2, 0) is 4.74 Å². The summed E-state index contributed by atoms with van der Waals surface area (Å²) in [6.07, 6.45) is 0.976. The Morgan fingerprint density at radius 3 is 2.62 bits per heavy atom. The lowest BCUT2D eigenvalue weighted by atomic mass is 10.1. The van der Waals surface area contributed by atoms with Gasteiger partial charge >= 0.3 is 6.09 Å². The maximum atomic E-state index is 12.0. The second kappa shape index (κ2) is 3.91. The fourth-order valence-corrected chi connectivity index (χ4v) is 2.72. The number of ether oxygens (including phenoxy) is 1. The Bertz CT molecular complexity index is 285. The van der Waals surface area contributed by atoms with Crippen molar-refractivity contribution in [2.75, 3.05) is 26.7 Å². The van der Waals surface area contributed by atoms with E-state index in [1.165, 1.54) is 0 Å². The molecule has 1 amide bonds. The molecule has 0 aromatic carbocycles. The number of amides is 1. The summed E-state index contributed by atoms with van der Waals surface area (Å²) < 4.78 is 5.43. The van der Waals surface area contributed by atoms with Gasteiger partial charge in [0, 0.05) is 19.6 Å². The van der Waals surface area contributed by atoms with Crippen LogP contribution in [0, 0.1) is 5.92 Å². The van der Waals surface area contributed by atoms with Crippen molar-refractivity contribution in [1.29, 1.82) is 0 Å². The summed E-state index contributed by atoms with van der Waals surface area (Å²) in [6.45, 7) is 8.71. The predicted octanol–water partition coefficient (Wildman–Crippen LogP) is 1.56. The number of nitrogens with zero attached hydrogens (tertiary/aromatic N) is 2. The zero-order valence-corrected chi connectivity index (χ0v) is 10.7. The molecule has 0 spiro atoms. The van der Waals surface area contributed by atoms with Crippen LogP contribution in [0.5, 0.6) is 0 Å². The van der Waals surface area contributed by atoms with E-state index in [4.69, 9.17) is 4.74 Å². The largest absolute Gasteiger partial charge is 0.444 e. The van der Waals surface area contributed by atoms with Gasteiger partial charge in [0.05, 0.1) is 6.04 Å². The molecular weight excluding hydrogens is 204 g/mol. The number of hydrogen-bond donors (Lipinski definition) is 0. The highest BCUT2D eigenvalue weighted by molar-refractivity contribution is 5.69. The van der Waals surface area contributed by atoms with E-state index in [1.54, 1.807) is 0 Å². The molecule has 2 atom stereocenters. The molecule has 2 fully saturated rings. The second-order valence-electron chi connectivity index (χ2n) is 6.01. The van der Waals surface area contributed by atoms with Gasteiger partial charge in [-0.1, -0.05) is 0 Å². The fraction of sp³-hybridized carbons (Fsp3) is 0.917. The van der Waals surface area contributed by atoms with E-state index < -0.39 is 0 Å². The molecule has 1 unspecified atom stereocenters. The SMILES string of the molecule is CN1CC2CCN(C(=O)OC(C)(C)C)[C@H]2C1. The van der Waals surface area contributed by atoms with Gasteiger partial charge in [-0.3, -0.25) is 0 Å².